The molecule has 1 saturated carbocycles. The van der Waals surface area contributed by atoms with Crippen LogP contribution in [0.3, 0.4) is 0 Å². The quantitative estimate of drug-likeness (QED) is 0.330. The predicted molar refractivity (Wildman–Crippen MR) is 77.2 cm³/mol. The Morgan fingerprint density at radius 2 is 1.95 bits per heavy atom. The standard InChI is InChI=1S/C15H23N3O/c1-15(8-2-3-9-15)11-17-10-12-4-6-13(7-5-12)14(16)18-19/h4-7,17,19H,2-3,8-11H2,1H3,(H2,16,18). The molecular formula is C15H23N3O. The van der Waals surface area contributed by atoms with E-state index in [2.05, 4.69) is 17.4 Å². The molecule has 0 aliphatic heterocycles. The first-order chi connectivity index (χ1) is 9.13. The van der Waals surface area contributed by atoms with Crippen LogP contribution < -0.4 is 11.1 Å². The summed E-state index contributed by atoms with van der Waals surface area (Å²) in [6.07, 6.45) is 5.41. The number of hydrogen-bond acceptors (Lipinski definition) is 3. The molecule has 1 fully saturated rings. The van der Waals surface area contributed by atoms with Crippen LogP contribution in [0.15, 0.2) is 29.4 Å². The van der Waals surface area contributed by atoms with Gasteiger partial charge in [0, 0.05) is 18.7 Å². The van der Waals surface area contributed by atoms with E-state index in [0.717, 1.165) is 18.7 Å². The van der Waals surface area contributed by atoms with Crippen LogP contribution in [0.25, 0.3) is 0 Å². The van der Waals surface area contributed by atoms with Crippen LogP contribution in [0.4, 0.5) is 0 Å². The van der Waals surface area contributed by atoms with Crippen molar-refractivity contribution in [2.24, 2.45) is 16.3 Å². The summed E-state index contributed by atoms with van der Waals surface area (Å²) in [6, 6.07) is 7.78. The maximum atomic E-state index is 8.60. The molecule has 0 unspecified atom stereocenters. The minimum Gasteiger partial charge on any atom is -0.409 e. The first kappa shape index (κ1) is 13.9. The number of nitrogens with one attached hydrogen (secondary N) is 1. The zero-order chi connectivity index (χ0) is 13.7. The van der Waals surface area contributed by atoms with Crippen LogP contribution in [0.2, 0.25) is 0 Å². The number of oxime groups is 1. The van der Waals surface area contributed by atoms with E-state index in [9.17, 15) is 0 Å². The molecule has 1 aromatic carbocycles. The molecule has 4 N–H and O–H groups in total. The Labute approximate surface area is 114 Å². The lowest BCUT2D eigenvalue weighted by molar-refractivity contribution is 0.314. The summed E-state index contributed by atoms with van der Waals surface area (Å²) < 4.78 is 0. The molecule has 0 aromatic heterocycles. The van der Waals surface area contributed by atoms with Gasteiger partial charge in [0.15, 0.2) is 5.84 Å². The van der Waals surface area contributed by atoms with Gasteiger partial charge in [0.2, 0.25) is 0 Å². The number of benzene rings is 1. The summed E-state index contributed by atoms with van der Waals surface area (Å²) >= 11 is 0. The molecule has 0 heterocycles. The van der Waals surface area contributed by atoms with Gasteiger partial charge in [-0.25, -0.2) is 0 Å². The van der Waals surface area contributed by atoms with Crippen molar-refractivity contribution in [3.8, 4) is 0 Å². The summed E-state index contributed by atoms with van der Waals surface area (Å²) in [6.45, 7) is 4.32. The zero-order valence-corrected chi connectivity index (χ0v) is 11.5. The fourth-order valence-electron chi connectivity index (χ4n) is 2.77. The van der Waals surface area contributed by atoms with Crippen molar-refractivity contribution < 1.29 is 5.21 Å². The molecule has 1 aromatic rings. The van der Waals surface area contributed by atoms with Gasteiger partial charge in [-0.2, -0.15) is 0 Å². The Morgan fingerprint density at radius 3 is 2.53 bits per heavy atom. The van der Waals surface area contributed by atoms with Gasteiger partial charge >= 0.3 is 0 Å². The van der Waals surface area contributed by atoms with Crippen molar-refractivity contribution in [3.05, 3.63) is 35.4 Å². The molecular weight excluding hydrogens is 238 g/mol. The van der Waals surface area contributed by atoms with E-state index in [-0.39, 0.29) is 5.84 Å². The molecule has 0 amide bonds. The third-order valence-corrected chi connectivity index (χ3v) is 4.05. The molecule has 4 heteroatoms. The molecule has 1 aliphatic rings. The minimum atomic E-state index is 0.151. The molecule has 0 radical (unpaired) electrons. The highest BCUT2D eigenvalue weighted by atomic mass is 16.4. The maximum Gasteiger partial charge on any atom is 0.170 e. The van der Waals surface area contributed by atoms with E-state index in [0.29, 0.717) is 5.41 Å². The van der Waals surface area contributed by atoms with Crippen molar-refractivity contribution in [1.82, 2.24) is 5.32 Å². The van der Waals surface area contributed by atoms with Crippen molar-refractivity contribution in [3.63, 3.8) is 0 Å². The normalized spacial score (nSPS) is 18.7. The SMILES string of the molecule is CC1(CNCc2ccc(C(N)=NO)cc2)CCCC1. The van der Waals surface area contributed by atoms with E-state index in [1.54, 1.807) is 0 Å². The molecule has 0 spiro atoms. The summed E-state index contributed by atoms with van der Waals surface area (Å²) in [7, 11) is 0. The van der Waals surface area contributed by atoms with Gasteiger partial charge in [0.1, 0.15) is 0 Å². The molecule has 19 heavy (non-hydrogen) atoms. The summed E-state index contributed by atoms with van der Waals surface area (Å²) in [5.74, 6) is 0.151. The van der Waals surface area contributed by atoms with E-state index >= 15 is 0 Å². The summed E-state index contributed by atoms with van der Waals surface area (Å²) in [4.78, 5) is 0. The van der Waals surface area contributed by atoms with Gasteiger partial charge in [0.25, 0.3) is 0 Å². The third-order valence-electron chi connectivity index (χ3n) is 4.05. The molecule has 0 atom stereocenters. The van der Waals surface area contributed by atoms with Crippen LogP contribution >= 0.6 is 0 Å². The number of hydrogen-bond donors (Lipinski definition) is 3. The van der Waals surface area contributed by atoms with Crippen molar-refractivity contribution >= 4 is 5.84 Å². The predicted octanol–water partition coefficient (Wildman–Crippen LogP) is 2.45. The van der Waals surface area contributed by atoms with E-state index in [4.69, 9.17) is 10.9 Å². The fourth-order valence-corrected chi connectivity index (χ4v) is 2.77. The van der Waals surface area contributed by atoms with Gasteiger partial charge in [-0.1, -0.05) is 49.2 Å². The van der Waals surface area contributed by atoms with E-state index in [1.165, 1.54) is 31.2 Å². The number of nitrogens with zero attached hydrogens (tertiary/aromatic N) is 1. The Bertz CT molecular complexity index is 433. The van der Waals surface area contributed by atoms with E-state index in [1.807, 2.05) is 24.3 Å². The second-order valence-corrected chi connectivity index (χ2v) is 5.80. The molecule has 104 valence electrons. The Hall–Kier alpha value is -1.55. The Morgan fingerprint density at radius 1 is 1.32 bits per heavy atom. The average molecular weight is 261 g/mol. The van der Waals surface area contributed by atoms with Gasteiger partial charge in [-0.05, 0) is 23.8 Å². The van der Waals surface area contributed by atoms with Crippen molar-refractivity contribution in [2.75, 3.05) is 6.54 Å². The highest BCUT2D eigenvalue weighted by molar-refractivity contribution is 5.96. The largest absolute Gasteiger partial charge is 0.409 e. The second kappa shape index (κ2) is 6.06. The second-order valence-electron chi connectivity index (χ2n) is 5.80. The minimum absolute atomic E-state index is 0.151. The van der Waals surface area contributed by atoms with Gasteiger partial charge in [-0.15, -0.1) is 0 Å². The lowest BCUT2D eigenvalue weighted by Gasteiger charge is -2.23. The highest BCUT2D eigenvalue weighted by Gasteiger charge is 2.27. The smallest absolute Gasteiger partial charge is 0.170 e. The topological polar surface area (TPSA) is 70.6 Å². The van der Waals surface area contributed by atoms with Crippen molar-refractivity contribution in [1.29, 1.82) is 0 Å². The first-order valence-corrected chi connectivity index (χ1v) is 6.90. The van der Waals surface area contributed by atoms with Crippen LogP contribution in [0.5, 0.6) is 0 Å². The van der Waals surface area contributed by atoms with Crippen LogP contribution in [-0.4, -0.2) is 17.6 Å². The zero-order valence-electron chi connectivity index (χ0n) is 11.5. The lowest BCUT2D eigenvalue weighted by Crippen LogP contribution is -2.29. The van der Waals surface area contributed by atoms with Crippen LogP contribution in [-0.2, 0) is 6.54 Å². The first-order valence-electron chi connectivity index (χ1n) is 6.90. The Kier molecular flexibility index (Phi) is 4.43. The molecule has 0 saturated heterocycles. The maximum absolute atomic E-state index is 8.60. The van der Waals surface area contributed by atoms with Crippen LogP contribution in [0, 0.1) is 5.41 Å². The average Bonchev–Trinajstić information content (AvgIpc) is 2.86. The van der Waals surface area contributed by atoms with Gasteiger partial charge in [-0.3, -0.25) is 0 Å². The van der Waals surface area contributed by atoms with Crippen LogP contribution in [0.1, 0.15) is 43.7 Å². The summed E-state index contributed by atoms with van der Waals surface area (Å²) in [5.41, 5.74) is 7.97. The molecule has 0 bridgehead atoms. The van der Waals surface area contributed by atoms with Gasteiger partial charge < -0.3 is 16.3 Å². The summed E-state index contributed by atoms with van der Waals surface area (Å²) in [5, 5.41) is 15.1. The third kappa shape index (κ3) is 3.70. The fraction of sp³-hybridized carbons (Fsp3) is 0.533. The molecule has 1 aliphatic carbocycles. The van der Waals surface area contributed by atoms with Gasteiger partial charge in [0.05, 0.1) is 0 Å². The van der Waals surface area contributed by atoms with Crippen molar-refractivity contribution in [2.45, 2.75) is 39.2 Å². The Balaban J connectivity index is 1.83. The number of rotatable bonds is 5. The highest BCUT2D eigenvalue weighted by Crippen LogP contribution is 2.36. The number of nitrogens with two attached hydrogens (primary N) is 1. The van der Waals surface area contributed by atoms with E-state index < -0.39 is 0 Å². The molecule has 4 nitrogen and oxygen atoms in total. The molecule has 2 rings (SSSR count). The lowest BCUT2D eigenvalue weighted by atomic mass is 9.89. The number of amidine groups is 1. The monoisotopic (exact) mass is 261 g/mol.